The third-order valence-corrected chi connectivity index (χ3v) is 6.19. The average Bonchev–Trinajstić information content (AvgIpc) is 3.36. The topological polar surface area (TPSA) is 108 Å². The van der Waals surface area contributed by atoms with E-state index in [-0.39, 0.29) is 23.6 Å². The lowest BCUT2D eigenvalue weighted by molar-refractivity contribution is -0.127. The Morgan fingerprint density at radius 2 is 2.11 bits per heavy atom. The fourth-order valence-corrected chi connectivity index (χ4v) is 4.87. The summed E-state index contributed by atoms with van der Waals surface area (Å²) in [5, 5.41) is 10.0. The molecule has 2 bridgehead atoms. The van der Waals surface area contributed by atoms with E-state index >= 15 is 0 Å². The number of anilines is 1. The number of aromatic amines is 1. The van der Waals surface area contributed by atoms with Crippen LogP contribution in [0.5, 0.6) is 5.75 Å². The number of nitrogens with zero attached hydrogens (tertiary/aromatic N) is 1. The van der Waals surface area contributed by atoms with E-state index in [4.69, 9.17) is 11.5 Å². The predicted molar refractivity (Wildman–Crippen MR) is 111 cm³/mol. The van der Waals surface area contributed by atoms with Crippen molar-refractivity contribution in [2.24, 2.45) is 11.7 Å². The molecule has 1 aromatic carbocycles. The molecule has 6 N–H and O–H groups in total. The van der Waals surface area contributed by atoms with Crippen LogP contribution in [0.2, 0.25) is 0 Å². The number of fused-ring (bicyclic) bond motifs is 2. The quantitative estimate of drug-likeness (QED) is 0.613. The smallest absolute Gasteiger partial charge is 0.246 e. The number of H-pyrrole nitrogens is 1. The Balaban J connectivity index is 1.67. The summed E-state index contributed by atoms with van der Waals surface area (Å²) in [5.74, 6) is 1.44. The lowest BCUT2D eigenvalue weighted by atomic mass is 9.91. The molecule has 6 heteroatoms. The number of likely N-dealkylation sites (tertiary alicyclic amines) is 1. The van der Waals surface area contributed by atoms with Gasteiger partial charge in [0.15, 0.2) is 0 Å². The van der Waals surface area contributed by atoms with Gasteiger partial charge in [0.25, 0.3) is 0 Å². The monoisotopic (exact) mass is 378 g/mol. The van der Waals surface area contributed by atoms with Crippen molar-refractivity contribution < 1.29 is 9.90 Å². The third-order valence-electron chi connectivity index (χ3n) is 6.19. The molecular formula is C22H26N4O2. The van der Waals surface area contributed by atoms with E-state index < -0.39 is 0 Å². The number of phenols is 1. The highest BCUT2D eigenvalue weighted by Gasteiger charge is 2.47. The number of hydrogen-bond donors (Lipinski definition) is 4. The number of nitrogen functional groups attached to an aromatic ring is 1. The predicted octanol–water partition coefficient (Wildman–Crippen LogP) is 2.96. The van der Waals surface area contributed by atoms with Crippen molar-refractivity contribution in [1.82, 2.24) is 9.88 Å². The van der Waals surface area contributed by atoms with Crippen LogP contribution in [-0.4, -0.2) is 33.5 Å². The van der Waals surface area contributed by atoms with Crippen LogP contribution in [0.1, 0.15) is 41.1 Å². The Morgan fingerprint density at radius 3 is 2.79 bits per heavy atom. The average molecular weight is 378 g/mol. The fourth-order valence-electron chi connectivity index (χ4n) is 4.87. The zero-order valence-electron chi connectivity index (χ0n) is 16.0. The van der Waals surface area contributed by atoms with E-state index in [1.165, 1.54) is 6.08 Å². The molecule has 1 saturated heterocycles. The van der Waals surface area contributed by atoms with Gasteiger partial charge in [-0.2, -0.15) is 0 Å². The molecule has 146 valence electrons. The number of para-hydroxylation sites is 1. The molecule has 3 atom stereocenters. The molecule has 2 fully saturated rings. The van der Waals surface area contributed by atoms with Gasteiger partial charge in [0.2, 0.25) is 5.91 Å². The van der Waals surface area contributed by atoms with Gasteiger partial charge < -0.3 is 26.5 Å². The number of phenolic OH excluding ortho intramolecular Hbond substituents is 1. The Morgan fingerprint density at radius 1 is 1.36 bits per heavy atom. The van der Waals surface area contributed by atoms with Crippen LogP contribution >= 0.6 is 0 Å². The molecule has 3 unspecified atom stereocenters. The molecule has 0 radical (unpaired) electrons. The van der Waals surface area contributed by atoms with Crippen molar-refractivity contribution in [3.8, 4) is 5.75 Å². The first-order valence-corrected chi connectivity index (χ1v) is 9.57. The minimum Gasteiger partial charge on any atom is -0.507 e. The summed E-state index contributed by atoms with van der Waals surface area (Å²) in [5.41, 5.74) is 16.5. The third kappa shape index (κ3) is 2.85. The molecule has 1 amide bonds. The molecule has 4 rings (SSSR count). The van der Waals surface area contributed by atoms with Gasteiger partial charge in [-0.1, -0.05) is 18.7 Å². The Bertz CT molecular complexity index is 975. The van der Waals surface area contributed by atoms with Crippen LogP contribution in [0.3, 0.4) is 0 Å². The molecule has 2 aliphatic rings. The molecule has 6 nitrogen and oxygen atoms in total. The number of amides is 1. The zero-order chi connectivity index (χ0) is 20.0. The highest BCUT2D eigenvalue weighted by atomic mass is 16.3. The number of aromatic hydroxyl groups is 1. The number of benzene rings is 1. The molecular weight excluding hydrogens is 352 g/mol. The lowest BCUT2D eigenvalue weighted by Gasteiger charge is -2.32. The normalized spacial score (nSPS) is 24.0. The largest absolute Gasteiger partial charge is 0.507 e. The molecule has 1 aromatic heterocycles. The van der Waals surface area contributed by atoms with Gasteiger partial charge in [-0.25, -0.2) is 0 Å². The minimum atomic E-state index is -0.00158. The molecule has 1 saturated carbocycles. The molecule has 0 spiro atoms. The van der Waals surface area contributed by atoms with Crippen molar-refractivity contribution in [3.63, 3.8) is 0 Å². The van der Waals surface area contributed by atoms with Gasteiger partial charge in [0, 0.05) is 41.0 Å². The van der Waals surface area contributed by atoms with Gasteiger partial charge >= 0.3 is 0 Å². The first-order valence-electron chi connectivity index (χ1n) is 9.57. The first kappa shape index (κ1) is 18.2. The highest BCUT2D eigenvalue weighted by molar-refractivity contribution is 5.88. The summed E-state index contributed by atoms with van der Waals surface area (Å²) >= 11 is 0. The second-order valence-corrected chi connectivity index (χ2v) is 7.81. The van der Waals surface area contributed by atoms with Crippen molar-refractivity contribution >= 4 is 23.5 Å². The summed E-state index contributed by atoms with van der Waals surface area (Å²) in [4.78, 5) is 17.5. The fraction of sp³-hybridized carbons (Fsp3) is 0.318. The maximum atomic E-state index is 12.2. The van der Waals surface area contributed by atoms with Crippen LogP contribution < -0.4 is 11.5 Å². The summed E-state index contributed by atoms with van der Waals surface area (Å²) in [6.07, 6.45) is 5.27. The molecule has 28 heavy (non-hydrogen) atoms. The summed E-state index contributed by atoms with van der Waals surface area (Å²) in [7, 11) is 0. The van der Waals surface area contributed by atoms with Crippen molar-refractivity contribution in [3.05, 3.63) is 59.3 Å². The van der Waals surface area contributed by atoms with Gasteiger partial charge in [-0.05, 0) is 55.5 Å². The van der Waals surface area contributed by atoms with E-state index in [0.717, 1.165) is 36.2 Å². The summed E-state index contributed by atoms with van der Waals surface area (Å²) in [6, 6.07) is 7.14. The number of carbonyl (C=O) groups is 1. The van der Waals surface area contributed by atoms with E-state index in [9.17, 15) is 9.90 Å². The van der Waals surface area contributed by atoms with Gasteiger partial charge in [-0.3, -0.25) is 4.79 Å². The second kappa shape index (κ2) is 6.78. The molecule has 2 heterocycles. The maximum absolute atomic E-state index is 12.2. The van der Waals surface area contributed by atoms with Crippen LogP contribution in [0, 0.1) is 12.8 Å². The maximum Gasteiger partial charge on any atom is 0.246 e. The Kier molecular flexibility index (Phi) is 4.41. The van der Waals surface area contributed by atoms with E-state index in [2.05, 4.69) is 11.6 Å². The van der Waals surface area contributed by atoms with Gasteiger partial charge in [0.1, 0.15) is 11.6 Å². The SMILES string of the molecule is C=CC(=O)N1CC2CC(c3[nH]c(N)c(/C=C(\N)c4ccccc4O)c3C)C1C2. The summed E-state index contributed by atoms with van der Waals surface area (Å²) < 4.78 is 0. The van der Waals surface area contributed by atoms with Crippen molar-refractivity contribution in [1.29, 1.82) is 0 Å². The summed E-state index contributed by atoms with van der Waals surface area (Å²) in [6.45, 7) is 6.47. The van der Waals surface area contributed by atoms with Gasteiger partial charge in [0.05, 0.1) is 0 Å². The second-order valence-electron chi connectivity index (χ2n) is 7.81. The Labute approximate surface area is 164 Å². The van der Waals surface area contributed by atoms with Crippen LogP contribution in [0.4, 0.5) is 5.82 Å². The number of piperidine rings is 1. The standard InChI is InChI=1S/C22H26N4O2/c1-3-20(28)26-11-13-8-16(18(26)9-13)21-12(2)15(22(24)25-21)10-17(23)14-6-4-5-7-19(14)27/h3-7,10,13,16,18,25,27H,1,8-9,11,23-24H2,2H3/b17-10-. The van der Waals surface area contributed by atoms with E-state index in [0.29, 0.717) is 23.0 Å². The van der Waals surface area contributed by atoms with E-state index in [1.807, 2.05) is 17.9 Å². The number of rotatable bonds is 4. The number of nitrogens with two attached hydrogens (primary N) is 2. The molecule has 1 aliphatic heterocycles. The Hall–Kier alpha value is -3.15. The van der Waals surface area contributed by atoms with Crippen LogP contribution in [-0.2, 0) is 4.79 Å². The van der Waals surface area contributed by atoms with Crippen molar-refractivity contribution in [2.75, 3.05) is 12.3 Å². The molecule has 1 aliphatic carbocycles. The van der Waals surface area contributed by atoms with E-state index in [1.54, 1.807) is 24.3 Å². The minimum absolute atomic E-state index is 0.00158. The van der Waals surface area contributed by atoms with Crippen LogP contribution in [0.15, 0.2) is 36.9 Å². The highest BCUT2D eigenvalue weighted by Crippen LogP contribution is 2.48. The number of hydrogen-bond acceptors (Lipinski definition) is 4. The van der Waals surface area contributed by atoms with Crippen LogP contribution in [0.25, 0.3) is 11.8 Å². The number of nitrogens with one attached hydrogen (secondary N) is 1. The number of carbonyl (C=O) groups excluding carboxylic acids is 1. The molecule has 2 aromatic rings. The van der Waals surface area contributed by atoms with Crippen molar-refractivity contribution in [2.45, 2.75) is 31.7 Å². The zero-order valence-corrected chi connectivity index (χ0v) is 16.0. The first-order chi connectivity index (χ1) is 13.4. The van der Waals surface area contributed by atoms with Gasteiger partial charge in [-0.15, -0.1) is 0 Å². The number of aromatic nitrogens is 1. The lowest BCUT2D eigenvalue weighted by Crippen LogP contribution is -2.40.